The summed E-state index contributed by atoms with van der Waals surface area (Å²) in [6.07, 6.45) is 1.62. The van der Waals surface area contributed by atoms with Crippen molar-refractivity contribution in [2.45, 2.75) is 89.6 Å². The smallest absolute Gasteiger partial charge is 0.244 e. The maximum absolute atomic E-state index is 15.4. The highest BCUT2D eigenvalue weighted by Crippen LogP contribution is 2.60. The number of fused-ring (bicyclic) bond motifs is 3. The third-order valence-electron chi connectivity index (χ3n) is 12.2. The first-order chi connectivity index (χ1) is 22.5. The highest BCUT2D eigenvalue weighted by atomic mass is 16.7. The lowest BCUT2D eigenvalue weighted by Crippen LogP contribution is -2.59. The van der Waals surface area contributed by atoms with E-state index in [0.29, 0.717) is 45.0 Å². The maximum Gasteiger partial charge on any atom is 0.244 e. The Balaban J connectivity index is 1.21. The number of hydrogen-bond donors (Lipinski definition) is 2. The SMILES string of the molecule is CC(C)(C)c1ccc(N(C(=O)[C@H]2C3CO[C@H]4OCC2(C)C4C3)C(C(=O)N[C@@H]2c3ccccc3C[C@@H]2O)C2COC3OCCC3C2)cc1. The van der Waals surface area contributed by atoms with E-state index in [4.69, 9.17) is 18.9 Å². The lowest BCUT2D eigenvalue weighted by Gasteiger charge is -2.43. The van der Waals surface area contributed by atoms with E-state index < -0.39 is 18.2 Å². The van der Waals surface area contributed by atoms with Crippen molar-refractivity contribution in [2.75, 3.05) is 31.3 Å². The first-order valence-electron chi connectivity index (χ1n) is 17.5. The van der Waals surface area contributed by atoms with Crippen LogP contribution in [0.5, 0.6) is 0 Å². The minimum atomic E-state index is -0.854. The number of amides is 2. The number of anilines is 1. The van der Waals surface area contributed by atoms with Gasteiger partial charge in [0.15, 0.2) is 12.6 Å². The van der Waals surface area contributed by atoms with Crippen molar-refractivity contribution in [3.8, 4) is 0 Å². The van der Waals surface area contributed by atoms with Crippen LogP contribution < -0.4 is 10.2 Å². The fourth-order valence-corrected chi connectivity index (χ4v) is 9.67. The Morgan fingerprint density at radius 3 is 2.51 bits per heavy atom. The number of benzene rings is 2. The Morgan fingerprint density at radius 2 is 1.72 bits per heavy atom. The van der Waals surface area contributed by atoms with Crippen LogP contribution in [0.4, 0.5) is 5.69 Å². The highest BCUT2D eigenvalue weighted by molar-refractivity contribution is 6.03. The van der Waals surface area contributed by atoms with E-state index >= 15 is 4.79 Å². The lowest BCUT2D eigenvalue weighted by molar-refractivity contribution is -0.172. The minimum absolute atomic E-state index is 0.0523. The summed E-state index contributed by atoms with van der Waals surface area (Å²) in [6.45, 7) is 10.5. The molecular formula is C38H48N2O7. The Kier molecular flexibility index (Phi) is 7.80. The molecule has 4 saturated heterocycles. The monoisotopic (exact) mass is 644 g/mol. The molecule has 252 valence electrons. The Morgan fingerprint density at radius 1 is 0.957 bits per heavy atom. The molecule has 2 aliphatic carbocycles. The van der Waals surface area contributed by atoms with Gasteiger partial charge in [-0.25, -0.2) is 0 Å². The highest BCUT2D eigenvalue weighted by Gasteiger charge is 2.65. The predicted molar refractivity (Wildman–Crippen MR) is 174 cm³/mol. The average Bonchev–Trinajstić information content (AvgIpc) is 3.78. The third-order valence-corrected chi connectivity index (χ3v) is 12.2. The number of carbonyl (C=O) groups is 2. The first-order valence-corrected chi connectivity index (χ1v) is 17.5. The zero-order chi connectivity index (χ0) is 32.7. The van der Waals surface area contributed by atoms with Crippen LogP contribution in [-0.2, 0) is 40.4 Å². The van der Waals surface area contributed by atoms with Crippen molar-refractivity contribution in [1.82, 2.24) is 5.32 Å². The van der Waals surface area contributed by atoms with Crippen LogP contribution in [0, 0.1) is 35.0 Å². The van der Waals surface area contributed by atoms with E-state index in [1.54, 1.807) is 4.90 Å². The molecule has 2 bridgehead atoms. The average molecular weight is 645 g/mol. The Bertz CT molecular complexity index is 1520. The molecule has 0 radical (unpaired) electrons. The van der Waals surface area contributed by atoms with E-state index in [0.717, 1.165) is 29.5 Å². The second-order valence-corrected chi connectivity index (χ2v) is 16.1. The van der Waals surface area contributed by atoms with Crippen molar-refractivity contribution >= 4 is 17.5 Å². The summed E-state index contributed by atoms with van der Waals surface area (Å²) in [5.74, 6) is -0.604. The molecule has 5 fully saturated rings. The number of hydrogen-bond acceptors (Lipinski definition) is 7. The quantitative estimate of drug-likeness (QED) is 0.477. The molecule has 2 amide bonds. The third kappa shape index (κ3) is 5.24. The van der Waals surface area contributed by atoms with Gasteiger partial charge in [0, 0.05) is 35.3 Å². The molecular weight excluding hydrogens is 596 g/mol. The number of carbonyl (C=O) groups excluding carboxylic acids is 2. The van der Waals surface area contributed by atoms with Crippen molar-refractivity contribution in [3.63, 3.8) is 0 Å². The molecule has 2 aromatic rings. The largest absolute Gasteiger partial charge is 0.390 e. The maximum atomic E-state index is 15.4. The number of nitrogens with one attached hydrogen (secondary N) is 1. The molecule has 9 nitrogen and oxygen atoms in total. The summed E-state index contributed by atoms with van der Waals surface area (Å²) in [4.78, 5) is 32.1. The van der Waals surface area contributed by atoms with Crippen molar-refractivity contribution in [1.29, 1.82) is 0 Å². The van der Waals surface area contributed by atoms with E-state index in [1.807, 2.05) is 36.4 Å². The molecule has 0 aromatic heterocycles. The van der Waals surface area contributed by atoms with Crippen molar-refractivity contribution in [2.24, 2.45) is 35.0 Å². The van der Waals surface area contributed by atoms with Crippen LogP contribution in [0.15, 0.2) is 48.5 Å². The van der Waals surface area contributed by atoms with Crippen LogP contribution >= 0.6 is 0 Å². The Labute approximate surface area is 277 Å². The number of aliphatic hydroxyl groups is 1. The fourth-order valence-electron chi connectivity index (χ4n) is 9.67. The van der Waals surface area contributed by atoms with Gasteiger partial charge in [0.1, 0.15) is 6.04 Å². The zero-order valence-electron chi connectivity index (χ0n) is 27.9. The van der Waals surface area contributed by atoms with E-state index in [-0.39, 0.29) is 64.8 Å². The van der Waals surface area contributed by atoms with Crippen LogP contribution in [-0.4, -0.2) is 68.1 Å². The van der Waals surface area contributed by atoms with Crippen molar-refractivity contribution in [3.05, 3.63) is 65.2 Å². The van der Waals surface area contributed by atoms with Gasteiger partial charge in [-0.1, -0.05) is 64.1 Å². The normalized spacial score (nSPS) is 37.7. The van der Waals surface area contributed by atoms with Gasteiger partial charge in [-0.05, 0) is 59.4 Å². The summed E-state index contributed by atoms with van der Waals surface area (Å²) < 4.78 is 24.3. The first kappa shape index (κ1) is 31.4. The van der Waals surface area contributed by atoms with Gasteiger partial charge in [-0.15, -0.1) is 0 Å². The molecule has 0 spiro atoms. The van der Waals surface area contributed by atoms with Crippen LogP contribution in [0.1, 0.15) is 69.7 Å². The van der Waals surface area contributed by atoms with Crippen LogP contribution in [0.2, 0.25) is 0 Å². The predicted octanol–water partition coefficient (Wildman–Crippen LogP) is 4.50. The van der Waals surface area contributed by atoms with Gasteiger partial charge in [-0.3, -0.25) is 14.5 Å². The molecule has 1 saturated carbocycles. The lowest BCUT2D eigenvalue weighted by atomic mass is 9.73. The number of aliphatic hydroxyl groups excluding tert-OH is 1. The molecule has 9 heteroatoms. The topological polar surface area (TPSA) is 107 Å². The second kappa shape index (κ2) is 11.7. The zero-order valence-corrected chi connectivity index (χ0v) is 27.9. The number of ether oxygens (including phenoxy) is 4. The summed E-state index contributed by atoms with van der Waals surface area (Å²) in [7, 11) is 0. The summed E-state index contributed by atoms with van der Waals surface area (Å²) >= 11 is 0. The van der Waals surface area contributed by atoms with Gasteiger partial charge in [0.05, 0.1) is 44.5 Å². The van der Waals surface area contributed by atoms with E-state index in [9.17, 15) is 9.90 Å². The summed E-state index contributed by atoms with van der Waals surface area (Å²) in [6, 6.07) is 14.6. The van der Waals surface area contributed by atoms with Gasteiger partial charge < -0.3 is 29.4 Å². The number of nitrogens with zero attached hydrogens (tertiary/aromatic N) is 1. The van der Waals surface area contributed by atoms with Gasteiger partial charge in [0.25, 0.3) is 0 Å². The molecule has 8 rings (SSSR count). The second-order valence-electron chi connectivity index (χ2n) is 16.1. The molecule has 7 unspecified atom stereocenters. The molecule has 11 atom stereocenters. The van der Waals surface area contributed by atoms with Gasteiger partial charge in [0.2, 0.25) is 11.8 Å². The van der Waals surface area contributed by atoms with Gasteiger partial charge >= 0.3 is 0 Å². The molecule has 2 aromatic carbocycles. The van der Waals surface area contributed by atoms with Gasteiger partial charge in [-0.2, -0.15) is 0 Å². The molecule has 2 N–H and O–H groups in total. The summed E-state index contributed by atoms with van der Waals surface area (Å²) in [5.41, 5.74) is 3.34. The van der Waals surface area contributed by atoms with Crippen molar-refractivity contribution < 1.29 is 33.6 Å². The summed E-state index contributed by atoms with van der Waals surface area (Å²) in [5, 5.41) is 14.4. The van der Waals surface area contributed by atoms with Crippen LogP contribution in [0.3, 0.4) is 0 Å². The Hall–Kier alpha value is -2.82. The van der Waals surface area contributed by atoms with Crippen LogP contribution in [0.25, 0.3) is 0 Å². The van der Waals surface area contributed by atoms with E-state index in [2.05, 4.69) is 45.1 Å². The number of rotatable bonds is 6. The molecule has 4 aliphatic heterocycles. The van der Waals surface area contributed by atoms with E-state index in [1.165, 1.54) is 0 Å². The minimum Gasteiger partial charge on any atom is -0.390 e. The standard InChI is InChI=1S/C38H48N2O7/c1-37(2,3)25-9-11-26(12-10-25)40(34(43)30-23-16-28-36(46-18-23)47-20-38(28,30)4)32(24-15-22-13-14-44-35(22)45-19-24)33(42)39-31-27-8-6-5-7-21(27)17-29(31)41/h5-12,22-24,28-32,35-36,41H,13-20H2,1-4H3,(H,39,42)/t22?,23?,24?,28?,29-,30+,31+,32?,35?,36-,38?/m0/s1. The molecule has 47 heavy (non-hydrogen) atoms. The molecule has 4 heterocycles. The fraction of sp³-hybridized carbons (Fsp3) is 0.632. The molecule has 6 aliphatic rings.